The van der Waals surface area contributed by atoms with Crippen molar-refractivity contribution in [2.45, 2.75) is 0 Å². The van der Waals surface area contributed by atoms with Gasteiger partial charge < -0.3 is 9.13 Å². The average molecular weight is 638 g/mol. The first-order chi connectivity index (χ1) is 24.8. The van der Waals surface area contributed by atoms with E-state index in [1.54, 1.807) is 0 Å². The number of fused-ring (bicyclic) bond motifs is 6. The van der Waals surface area contributed by atoms with Gasteiger partial charge in [0.25, 0.3) is 0 Å². The van der Waals surface area contributed by atoms with Crippen molar-refractivity contribution in [1.29, 1.82) is 0 Å². The molecule has 0 aliphatic heterocycles. The molecule has 0 aliphatic rings. The molecule has 0 bridgehead atoms. The van der Waals surface area contributed by atoms with Gasteiger partial charge in [-0.2, -0.15) is 0 Å². The Bertz CT molecular complexity index is 2770. The predicted octanol–water partition coefficient (Wildman–Crippen LogP) is 12.3. The fourth-order valence-corrected chi connectivity index (χ4v) is 7.58. The lowest BCUT2D eigenvalue weighted by Gasteiger charge is -2.12. The van der Waals surface area contributed by atoms with Gasteiger partial charge in [0.15, 0.2) is 0 Å². The van der Waals surface area contributed by atoms with E-state index >= 15 is 0 Å². The molecule has 0 radical (unpaired) electrons. The van der Waals surface area contributed by atoms with E-state index in [2.05, 4.69) is 185 Å². The molecular weight excluding hydrogens is 607 g/mol. The van der Waals surface area contributed by atoms with Crippen molar-refractivity contribution >= 4 is 43.6 Å². The fraction of sp³-hybridized carbons (Fsp3) is 0. The normalized spacial score (nSPS) is 11.6. The first-order valence-corrected chi connectivity index (χ1v) is 17.1. The largest absolute Gasteiger partial charge is 0.309 e. The van der Waals surface area contributed by atoms with Crippen LogP contribution in [-0.2, 0) is 0 Å². The summed E-state index contributed by atoms with van der Waals surface area (Å²) in [6, 6.07) is 67.2. The molecule has 0 amide bonds. The third kappa shape index (κ3) is 4.56. The van der Waals surface area contributed by atoms with Crippen LogP contribution in [0.3, 0.4) is 0 Å². The van der Waals surface area contributed by atoms with Crippen molar-refractivity contribution in [1.82, 2.24) is 14.1 Å². The van der Waals surface area contributed by atoms with Crippen molar-refractivity contribution in [3.63, 3.8) is 0 Å². The number of rotatable bonds is 5. The molecule has 10 rings (SSSR count). The average Bonchev–Trinajstić information content (AvgIpc) is 3.70. The van der Waals surface area contributed by atoms with Crippen LogP contribution in [0.4, 0.5) is 0 Å². The molecule has 3 heteroatoms. The summed E-state index contributed by atoms with van der Waals surface area (Å²) in [5, 5.41) is 4.98. The van der Waals surface area contributed by atoms with Gasteiger partial charge in [-0.15, -0.1) is 0 Å². The van der Waals surface area contributed by atoms with Gasteiger partial charge in [-0.25, -0.2) is 4.98 Å². The highest BCUT2D eigenvalue weighted by Gasteiger charge is 2.18. The Balaban J connectivity index is 1.16. The van der Waals surface area contributed by atoms with E-state index in [4.69, 9.17) is 4.98 Å². The monoisotopic (exact) mass is 637 g/mol. The van der Waals surface area contributed by atoms with Gasteiger partial charge in [-0.05, 0) is 71.8 Å². The maximum absolute atomic E-state index is 5.09. The maximum Gasteiger partial charge on any atom is 0.0715 e. The van der Waals surface area contributed by atoms with Crippen molar-refractivity contribution in [2.75, 3.05) is 0 Å². The summed E-state index contributed by atoms with van der Waals surface area (Å²) in [5.41, 5.74) is 13.5. The van der Waals surface area contributed by atoms with Gasteiger partial charge in [0.05, 0.1) is 33.5 Å². The molecule has 3 heterocycles. The van der Waals surface area contributed by atoms with Crippen LogP contribution in [-0.4, -0.2) is 14.1 Å². The zero-order valence-corrected chi connectivity index (χ0v) is 27.2. The van der Waals surface area contributed by atoms with Crippen molar-refractivity contribution in [3.8, 4) is 45.0 Å². The minimum atomic E-state index is 0.965. The Morgan fingerprint density at radius 1 is 0.280 bits per heavy atom. The van der Waals surface area contributed by atoms with E-state index in [9.17, 15) is 0 Å². The van der Waals surface area contributed by atoms with Crippen LogP contribution >= 0.6 is 0 Å². The van der Waals surface area contributed by atoms with E-state index in [1.165, 1.54) is 49.3 Å². The van der Waals surface area contributed by atoms with E-state index < -0.39 is 0 Å². The minimum Gasteiger partial charge on any atom is -0.309 e. The fourth-order valence-electron chi connectivity index (χ4n) is 7.58. The first-order valence-electron chi connectivity index (χ1n) is 17.1. The van der Waals surface area contributed by atoms with Crippen molar-refractivity contribution < 1.29 is 0 Å². The van der Waals surface area contributed by atoms with Gasteiger partial charge in [0, 0.05) is 44.0 Å². The highest BCUT2D eigenvalue weighted by atomic mass is 15.0. The molecule has 0 saturated heterocycles. The van der Waals surface area contributed by atoms with Gasteiger partial charge in [0.2, 0.25) is 0 Å². The molecule has 10 aromatic rings. The van der Waals surface area contributed by atoms with Gasteiger partial charge in [0.1, 0.15) is 0 Å². The summed E-state index contributed by atoms with van der Waals surface area (Å²) in [4.78, 5) is 5.09. The van der Waals surface area contributed by atoms with E-state index in [0.29, 0.717) is 0 Å². The molecule has 0 N–H and O–H groups in total. The molecule has 0 atom stereocenters. The molecule has 0 saturated carbocycles. The Labute approximate surface area is 290 Å². The molecule has 7 aromatic carbocycles. The molecular formula is C47H31N3. The predicted molar refractivity (Wildman–Crippen MR) is 209 cm³/mol. The Morgan fingerprint density at radius 3 is 1.20 bits per heavy atom. The molecule has 0 unspecified atom stereocenters. The number of aromatic nitrogens is 3. The molecule has 3 nitrogen and oxygen atoms in total. The quantitative estimate of drug-likeness (QED) is 0.184. The van der Waals surface area contributed by atoms with Crippen molar-refractivity contribution in [2.24, 2.45) is 0 Å². The van der Waals surface area contributed by atoms with E-state index in [0.717, 1.165) is 39.3 Å². The minimum absolute atomic E-state index is 0.965. The van der Waals surface area contributed by atoms with Crippen LogP contribution in [0.1, 0.15) is 0 Å². The number of pyridine rings is 1. The Kier molecular flexibility index (Phi) is 6.49. The summed E-state index contributed by atoms with van der Waals surface area (Å²) in [6.45, 7) is 0. The second-order valence-electron chi connectivity index (χ2n) is 12.8. The zero-order chi connectivity index (χ0) is 33.0. The Hall–Kier alpha value is -6.71. The van der Waals surface area contributed by atoms with E-state index in [-0.39, 0.29) is 0 Å². The van der Waals surface area contributed by atoms with Crippen LogP contribution in [0.15, 0.2) is 188 Å². The number of para-hydroxylation sites is 3. The molecule has 3 aromatic heterocycles. The molecule has 0 fully saturated rings. The number of nitrogens with zero attached hydrogens (tertiary/aromatic N) is 3. The highest BCUT2D eigenvalue weighted by Crippen LogP contribution is 2.40. The molecule has 50 heavy (non-hydrogen) atoms. The topological polar surface area (TPSA) is 22.8 Å². The van der Waals surface area contributed by atoms with Crippen LogP contribution < -0.4 is 0 Å². The SMILES string of the molecule is c1ccc(-c2cc(-c3ccc(-n4c5ccccc5c5cc6c(cc54)c4ccccc4n6-c4ccccc4)cc3)cc(-c3ccccc3)n2)cc1. The zero-order valence-electron chi connectivity index (χ0n) is 27.2. The van der Waals surface area contributed by atoms with E-state index in [1.807, 2.05) is 12.1 Å². The van der Waals surface area contributed by atoms with Gasteiger partial charge >= 0.3 is 0 Å². The second-order valence-corrected chi connectivity index (χ2v) is 12.8. The summed E-state index contributed by atoms with van der Waals surface area (Å²) in [5.74, 6) is 0. The second kappa shape index (κ2) is 11.5. The number of benzene rings is 7. The van der Waals surface area contributed by atoms with Crippen LogP contribution in [0.5, 0.6) is 0 Å². The highest BCUT2D eigenvalue weighted by molar-refractivity contribution is 6.19. The summed E-state index contributed by atoms with van der Waals surface area (Å²) < 4.78 is 4.81. The maximum atomic E-state index is 5.09. The van der Waals surface area contributed by atoms with Crippen LogP contribution in [0, 0.1) is 0 Å². The molecule has 0 aliphatic carbocycles. The Morgan fingerprint density at radius 2 is 0.700 bits per heavy atom. The standard InChI is InChI=1S/C47H31N3/c1-4-14-33(15-5-1)42-28-35(29-43(48-42)34-16-6-2-7-17-34)32-24-26-37(27-25-32)50-45-23-13-11-21-39(45)41-30-46-40(31-47(41)50)38-20-10-12-22-44(38)49(46)36-18-8-3-9-19-36/h1-31H. The third-order valence-electron chi connectivity index (χ3n) is 9.90. The number of hydrogen-bond donors (Lipinski definition) is 0. The van der Waals surface area contributed by atoms with Crippen LogP contribution in [0.25, 0.3) is 88.6 Å². The lowest BCUT2D eigenvalue weighted by Crippen LogP contribution is -1.95. The summed E-state index contributed by atoms with van der Waals surface area (Å²) >= 11 is 0. The smallest absolute Gasteiger partial charge is 0.0715 e. The summed E-state index contributed by atoms with van der Waals surface area (Å²) in [6.07, 6.45) is 0. The van der Waals surface area contributed by atoms with Crippen molar-refractivity contribution in [3.05, 3.63) is 188 Å². The third-order valence-corrected chi connectivity index (χ3v) is 9.90. The van der Waals surface area contributed by atoms with Gasteiger partial charge in [-0.3, -0.25) is 0 Å². The molecule has 0 spiro atoms. The lowest BCUT2D eigenvalue weighted by atomic mass is 10.00. The molecule has 234 valence electrons. The first kappa shape index (κ1) is 28.3. The van der Waals surface area contributed by atoms with Gasteiger partial charge in [-0.1, -0.05) is 127 Å². The lowest BCUT2D eigenvalue weighted by molar-refractivity contribution is 1.17. The van der Waals surface area contributed by atoms with Crippen LogP contribution in [0.2, 0.25) is 0 Å². The summed E-state index contributed by atoms with van der Waals surface area (Å²) in [7, 11) is 0. The number of hydrogen-bond acceptors (Lipinski definition) is 1.